The van der Waals surface area contributed by atoms with Crippen molar-refractivity contribution in [2.75, 3.05) is 10.6 Å². The van der Waals surface area contributed by atoms with E-state index in [1.807, 2.05) is 0 Å². The number of sulfonamides is 1. The van der Waals surface area contributed by atoms with Gasteiger partial charge in [0.15, 0.2) is 0 Å². The molecule has 128 valence electrons. The van der Waals surface area contributed by atoms with Crippen LogP contribution in [0.5, 0.6) is 5.75 Å². The number of carbonyl (C=O) groups is 1. The van der Waals surface area contributed by atoms with Gasteiger partial charge in [-0.1, -0.05) is 6.07 Å². The number of anilines is 2. The lowest BCUT2D eigenvalue weighted by Crippen LogP contribution is -2.15. The van der Waals surface area contributed by atoms with Crippen LogP contribution in [0.2, 0.25) is 0 Å². The predicted octanol–water partition coefficient (Wildman–Crippen LogP) is 1.50. The summed E-state index contributed by atoms with van der Waals surface area (Å²) in [5.41, 5.74) is 0.591. The first-order valence-electron chi connectivity index (χ1n) is 6.89. The Bertz CT molecular complexity index is 960. The average Bonchev–Trinajstić information content (AvgIpc) is 2.55. The maximum absolute atomic E-state index is 12.1. The summed E-state index contributed by atoms with van der Waals surface area (Å²) in [6, 6.07) is 13.1. The average molecular weight is 358 g/mol. The number of hydrogen-bond donors (Lipinski definition) is 4. The molecule has 0 saturated heterocycles. The molecule has 8 nitrogen and oxygen atoms in total. The number of nitrogens with one attached hydrogen (secondary N) is 2. The first kappa shape index (κ1) is 18.0. The van der Waals surface area contributed by atoms with Gasteiger partial charge in [-0.25, -0.2) is 13.6 Å². The van der Waals surface area contributed by atoms with E-state index < -0.39 is 15.9 Å². The van der Waals surface area contributed by atoms with Crippen LogP contribution in [0.4, 0.5) is 11.4 Å². The fourth-order valence-electron chi connectivity index (χ4n) is 1.83. The number of nitriles is 1. The fourth-order valence-corrected chi connectivity index (χ4v) is 2.34. The van der Waals surface area contributed by atoms with Gasteiger partial charge in [0, 0.05) is 23.6 Å². The Balaban J connectivity index is 2.09. The maximum Gasteiger partial charge on any atom is 0.267 e. The second-order valence-corrected chi connectivity index (χ2v) is 6.45. The Labute approximate surface area is 144 Å². The van der Waals surface area contributed by atoms with Crippen LogP contribution in [-0.4, -0.2) is 19.4 Å². The number of phenolic OH excluding ortho intramolecular Hbond substituents is 1. The van der Waals surface area contributed by atoms with Crippen LogP contribution in [0.1, 0.15) is 0 Å². The van der Waals surface area contributed by atoms with Gasteiger partial charge >= 0.3 is 0 Å². The van der Waals surface area contributed by atoms with Gasteiger partial charge in [-0.05, 0) is 36.4 Å². The number of aromatic hydroxyl groups is 1. The van der Waals surface area contributed by atoms with Crippen molar-refractivity contribution in [2.45, 2.75) is 4.90 Å². The molecular weight excluding hydrogens is 344 g/mol. The molecular formula is C16H14N4O4S. The summed E-state index contributed by atoms with van der Waals surface area (Å²) < 4.78 is 22.4. The highest BCUT2D eigenvalue weighted by atomic mass is 32.2. The van der Waals surface area contributed by atoms with E-state index >= 15 is 0 Å². The molecule has 5 N–H and O–H groups in total. The summed E-state index contributed by atoms with van der Waals surface area (Å²) in [5, 5.41) is 28.6. The van der Waals surface area contributed by atoms with Gasteiger partial charge in [-0.3, -0.25) is 4.79 Å². The van der Waals surface area contributed by atoms with Crippen LogP contribution in [0.3, 0.4) is 0 Å². The highest BCUT2D eigenvalue weighted by Crippen LogP contribution is 2.16. The molecule has 2 aromatic rings. The number of rotatable bonds is 5. The number of primary sulfonamides is 1. The second kappa shape index (κ2) is 7.48. The number of nitrogens with two attached hydrogens (primary N) is 1. The first-order valence-corrected chi connectivity index (χ1v) is 8.44. The van der Waals surface area contributed by atoms with E-state index in [2.05, 4.69) is 10.6 Å². The molecule has 25 heavy (non-hydrogen) atoms. The van der Waals surface area contributed by atoms with Gasteiger partial charge in [-0.15, -0.1) is 0 Å². The molecule has 0 unspecified atom stereocenters. The molecule has 0 aliphatic carbocycles. The van der Waals surface area contributed by atoms with Crippen molar-refractivity contribution >= 4 is 27.3 Å². The van der Waals surface area contributed by atoms with E-state index in [-0.39, 0.29) is 16.2 Å². The molecule has 0 atom stereocenters. The summed E-state index contributed by atoms with van der Waals surface area (Å²) in [7, 11) is -3.82. The molecule has 0 radical (unpaired) electrons. The topological polar surface area (TPSA) is 145 Å². The van der Waals surface area contributed by atoms with E-state index in [4.69, 9.17) is 10.4 Å². The Kier molecular flexibility index (Phi) is 5.38. The van der Waals surface area contributed by atoms with Crippen molar-refractivity contribution in [1.82, 2.24) is 0 Å². The molecule has 2 aromatic carbocycles. The highest BCUT2D eigenvalue weighted by molar-refractivity contribution is 7.89. The molecule has 0 heterocycles. The Morgan fingerprint density at radius 3 is 2.40 bits per heavy atom. The molecule has 1 amide bonds. The van der Waals surface area contributed by atoms with Crippen LogP contribution in [-0.2, 0) is 14.8 Å². The van der Waals surface area contributed by atoms with E-state index in [1.54, 1.807) is 18.2 Å². The molecule has 0 spiro atoms. The van der Waals surface area contributed by atoms with E-state index in [1.165, 1.54) is 42.6 Å². The molecule has 0 bridgehead atoms. The van der Waals surface area contributed by atoms with Gasteiger partial charge in [0.25, 0.3) is 5.91 Å². The number of benzene rings is 2. The fraction of sp³-hybridized carbons (Fsp3) is 0. The monoisotopic (exact) mass is 358 g/mol. The number of amides is 1. The van der Waals surface area contributed by atoms with Crippen LogP contribution in [0, 0.1) is 11.3 Å². The van der Waals surface area contributed by atoms with Crippen molar-refractivity contribution in [3.05, 3.63) is 60.3 Å². The number of phenols is 1. The van der Waals surface area contributed by atoms with Gasteiger partial charge in [0.1, 0.15) is 17.4 Å². The first-order chi connectivity index (χ1) is 11.8. The minimum absolute atomic E-state index is 0.0382. The third-order valence-corrected chi connectivity index (χ3v) is 3.96. The number of hydrogen-bond acceptors (Lipinski definition) is 6. The van der Waals surface area contributed by atoms with Gasteiger partial charge in [0.2, 0.25) is 10.0 Å². The summed E-state index contributed by atoms with van der Waals surface area (Å²) in [5.74, 6) is -0.644. The van der Waals surface area contributed by atoms with Crippen molar-refractivity contribution in [2.24, 2.45) is 5.14 Å². The Hall–Kier alpha value is -3.35. The van der Waals surface area contributed by atoms with Gasteiger partial charge in [-0.2, -0.15) is 5.26 Å². The van der Waals surface area contributed by atoms with Crippen molar-refractivity contribution in [1.29, 1.82) is 5.26 Å². The SMILES string of the molecule is N#C/C(=C/Nc1cccc(O)c1)C(=O)Nc1ccc(S(N)(=O)=O)cc1. The molecule has 0 aliphatic heterocycles. The zero-order valence-electron chi connectivity index (χ0n) is 12.8. The Morgan fingerprint density at radius 2 is 1.84 bits per heavy atom. The molecule has 2 rings (SSSR count). The van der Waals surface area contributed by atoms with E-state index in [0.717, 1.165) is 0 Å². The van der Waals surface area contributed by atoms with Crippen molar-refractivity contribution in [3.8, 4) is 11.8 Å². The molecule has 9 heteroatoms. The number of carbonyl (C=O) groups excluding carboxylic acids is 1. The van der Waals surface area contributed by atoms with Crippen LogP contribution in [0.15, 0.2) is 65.2 Å². The van der Waals surface area contributed by atoms with Crippen molar-refractivity contribution in [3.63, 3.8) is 0 Å². The van der Waals surface area contributed by atoms with Crippen molar-refractivity contribution < 1.29 is 18.3 Å². The third kappa shape index (κ3) is 5.07. The quantitative estimate of drug-likeness (QED) is 0.471. The predicted molar refractivity (Wildman–Crippen MR) is 91.9 cm³/mol. The molecule has 0 aliphatic rings. The second-order valence-electron chi connectivity index (χ2n) is 4.89. The third-order valence-electron chi connectivity index (χ3n) is 3.04. The van der Waals surface area contributed by atoms with Gasteiger partial charge in [0.05, 0.1) is 4.90 Å². The van der Waals surface area contributed by atoms with E-state index in [0.29, 0.717) is 11.4 Å². The minimum atomic E-state index is -3.82. The number of nitrogens with zero attached hydrogens (tertiary/aromatic N) is 1. The smallest absolute Gasteiger partial charge is 0.267 e. The lowest BCUT2D eigenvalue weighted by molar-refractivity contribution is -0.112. The highest BCUT2D eigenvalue weighted by Gasteiger charge is 2.11. The van der Waals surface area contributed by atoms with Crippen LogP contribution < -0.4 is 15.8 Å². The van der Waals surface area contributed by atoms with E-state index in [9.17, 15) is 18.3 Å². The zero-order valence-corrected chi connectivity index (χ0v) is 13.6. The van der Waals surface area contributed by atoms with Gasteiger partial charge < -0.3 is 15.7 Å². The normalized spacial score (nSPS) is 11.4. The zero-order chi connectivity index (χ0) is 18.4. The summed E-state index contributed by atoms with van der Waals surface area (Å²) >= 11 is 0. The standard InChI is InChI=1S/C16H14N4O4S/c17-9-11(10-19-13-2-1-3-14(21)8-13)16(22)20-12-4-6-15(7-5-12)25(18,23)24/h1-8,10,19,21H,(H,20,22)(H2,18,23,24)/b11-10-. The van der Waals surface area contributed by atoms with Crippen LogP contribution >= 0.6 is 0 Å². The Morgan fingerprint density at radius 1 is 1.16 bits per heavy atom. The van der Waals surface area contributed by atoms with Crippen LogP contribution in [0.25, 0.3) is 0 Å². The molecule has 0 aromatic heterocycles. The molecule has 0 fully saturated rings. The lowest BCUT2D eigenvalue weighted by atomic mass is 10.2. The summed E-state index contributed by atoms with van der Waals surface area (Å²) in [6.45, 7) is 0. The molecule has 0 saturated carbocycles. The maximum atomic E-state index is 12.1. The largest absolute Gasteiger partial charge is 0.508 e. The summed E-state index contributed by atoms with van der Waals surface area (Å²) in [6.07, 6.45) is 1.20. The lowest BCUT2D eigenvalue weighted by Gasteiger charge is -2.06. The summed E-state index contributed by atoms with van der Waals surface area (Å²) in [4.78, 5) is 12.0. The minimum Gasteiger partial charge on any atom is -0.508 e.